The smallest absolute Gasteiger partial charge is 0.334 e. The van der Waals surface area contributed by atoms with Gasteiger partial charge in [0.25, 0.3) is 0 Å². The highest BCUT2D eigenvalue weighted by molar-refractivity contribution is 5.81. The molecular formula is C7H11NO5. The molecule has 6 heteroatoms. The predicted molar refractivity (Wildman–Crippen MR) is 41.0 cm³/mol. The number of β-amino-alcohol motifs (C(OH)–C–C–N with tert-alkyl or cyclic N) is 1. The summed E-state index contributed by atoms with van der Waals surface area (Å²) < 4.78 is 4.76. The Morgan fingerprint density at radius 1 is 1.69 bits per heavy atom. The van der Waals surface area contributed by atoms with Crippen LogP contribution in [0.15, 0.2) is 0 Å². The molecule has 0 spiro atoms. The van der Waals surface area contributed by atoms with Crippen LogP contribution in [0.2, 0.25) is 0 Å². The Balaban J connectivity index is 2.52. The summed E-state index contributed by atoms with van der Waals surface area (Å²) in [5.41, 5.74) is 0. The second-order valence-electron chi connectivity index (χ2n) is 2.70. The monoisotopic (exact) mass is 189 g/mol. The van der Waals surface area contributed by atoms with E-state index in [4.69, 9.17) is 14.9 Å². The lowest BCUT2D eigenvalue weighted by atomic mass is 10.2. The number of aliphatic hydroxyl groups is 1. The molecule has 1 heterocycles. The number of hydrogen-bond donors (Lipinski definition) is 2. The lowest BCUT2D eigenvalue weighted by molar-refractivity contribution is -0.165. The molecule has 1 amide bonds. The van der Waals surface area contributed by atoms with E-state index in [1.165, 1.54) is 4.90 Å². The molecule has 1 rings (SSSR count). The molecule has 2 N–H and O–H groups in total. The van der Waals surface area contributed by atoms with Crippen molar-refractivity contribution in [1.82, 2.24) is 4.90 Å². The van der Waals surface area contributed by atoms with Crippen molar-refractivity contribution in [1.29, 1.82) is 0 Å². The number of carbonyl (C=O) groups is 2. The Morgan fingerprint density at radius 2 is 2.38 bits per heavy atom. The van der Waals surface area contributed by atoms with Crippen LogP contribution in [0.4, 0.5) is 0 Å². The van der Waals surface area contributed by atoms with Crippen LogP contribution in [-0.2, 0) is 14.3 Å². The Bertz CT molecular complexity index is 217. The zero-order chi connectivity index (χ0) is 9.84. The minimum absolute atomic E-state index is 0.00866. The molecule has 0 radical (unpaired) electrons. The van der Waals surface area contributed by atoms with Gasteiger partial charge in [0.2, 0.25) is 5.91 Å². The molecule has 74 valence electrons. The SMILES string of the molecule is O=C(O)C1CN(CCO)C(=O)CO1. The summed E-state index contributed by atoms with van der Waals surface area (Å²) in [7, 11) is 0. The summed E-state index contributed by atoms with van der Waals surface area (Å²) in [6.45, 7) is -0.226. The quantitative estimate of drug-likeness (QED) is 0.552. The van der Waals surface area contributed by atoms with Crippen molar-refractivity contribution in [3.63, 3.8) is 0 Å². The van der Waals surface area contributed by atoms with Crippen molar-refractivity contribution < 1.29 is 24.5 Å². The third-order valence-electron chi connectivity index (χ3n) is 1.79. The van der Waals surface area contributed by atoms with Gasteiger partial charge in [-0.1, -0.05) is 0 Å². The van der Waals surface area contributed by atoms with Crippen LogP contribution >= 0.6 is 0 Å². The van der Waals surface area contributed by atoms with Crippen molar-refractivity contribution in [2.45, 2.75) is 6.10 Å². The fraction of sp³-hybridized carbons (Fsp3) is 0.714. The second-order valence-corrected chi connectivity index (χ2v) is 2.70. The van der Waals surface area contributed by atoms with E-state index >= 15 is 0 Å². The highest BCUT2D eigenvalue weighted by Crippen LogP contribution is 2.05. The van der Waals surface area contributed by atoms with Crippen LogP contribution < -0.4 is 0 Å². The first kappa shape index (κ1) is 9.94. The highest BCUT2D eigenvalue weighted by Gasteiger charge is 2.30. The zero-order valence-corrected chi connectivity index (χ0v) is 6.97. The third kappa shape index (κ3) is 2.40. The third-order valence-corrected chi connectivity index (χ3v) is 1.79. The Hall–Kier alpha value is -1.14. The first-order valence-corrected chi connectivity index (χ1v) is 3.88. The molecule has 13 heavy (non-hydrogen) atoms. The van der Waals surface area contributed by atoms with Crippen LogP contribution in [0.25, 0.3) is 0 Å². The molecule has 0 bridgehead atoms. The highest BCUT2D eigenvalue weighted by atomic mass is 16.5. The number of nitrogens with zero attached hydrogens (tertiary/aromatic N) is 1. The van der Waals surface area contributed by atoms with Gasteiger partial charge in [-0.25, -0.2) is 4.79 Å². The van der Waals surface area contributed by atoms with Crippen LogP contribution in [0, 0.1) is 0 Å². The molecule has 1 atom stereocenters. The molecule has 0 saturated carbocycles. The maximum atomic E-state index is 11.0. The van der Waals surface area contributed by atoms with Gasteiger partial charge >= 0.3 is 5.97 Å². The van der Waals surface area contributed by atoms with Gasteiger partial charge in [-0.2, -0.15) is 0 Å². The topological polar surface area (TPSA) is 87.1 Å². The molecule has 6 nitrogen and oxygen atoms in total. The van der Waals surface area contributed by atoms with E-state index in [2.05, 4.69) is 0 Å². The number of hydrogen-bond acceptors (Lipinski definition) is 4. The van der Waals surface area contributed by atoms with Gasteiger partial charge in [-0.3, -0.25) is 4.79 Å². The fourth-order valence-corrected chi connectivity index (χ4v) is 1.10. The minimum atomic E-state index is -1.09. The van der Waals surface area contributed by atoms with Crippen molar-refractivity contribution in [2.75, 3.05) is 26.3 Å². The molecule has 1 aliphatic rings. The Morgan fingerprint density at radius 3 is 2.92 bits per heavy atom. The van der Waals surface area contributed by atoms with Gasteiger partial charge in [0.15, 0.2) is 6.10 Å². The molecule has 1 aliphatic heterocycles. The largest absolute Gasteiger partial charge is 0.479 e. The maximum Gasteiger partial charge on any atom is 0.334 e. The van der Waals surface area contributed by atoms with E-state index in [1.54, 1.807) is 0 Å². The van der Waals surface area contributed by atoms with E-state index in [1.807, 2.05) is 0 Å². The number of ether oxygens (including phenoxy) is 1. The van der Waals surface area contributed by atoms with E-state index in [-0.39, 0.29) is 32.2 Å². The molecular weight excluding hydrogens is 178 g/mol. The minimum Gasteiger partial charge on any atom is -0.479 e. The van der Waals surface area contributed by atoms with Gasteiger partial charge in [-0.05, 0) is 0 Å². The van der Waals surface area contributed by atoms with Crippen LogP contribution in [0.1, 0.15) is 0 Å². The Kier molecular flexibility index (Phi) is 3.21. The van der Waals surface area contributed by atoms with E-state index < -0.39 is 12.1 Å². The van der Waals surface area contributed by atoms with Crippen LogP contribution in [0.3, 0.4) is 0 Å². The average Bonchev–Trinajstić information content (AvgIpc) is 2.08. The summed E-state index contributed by atoms with van der Waals surface area (Å²) >= 11 is 0. The average molecular weight is 189 g/mol. The van der Waals surface area contributed by atoms with Crippen LogP contribution in [0.5, 0.6) is 0 Å². The molecule has 1 unspecified atom stereocenters. The van der Waals surface area contributed by atoms with Gasteiger partial charge in [0.05, 0.1) is 13.2 Å². The number of morpholine rings is 1. The number of carbonyl (C=O) groups excluding carboxylic acids is 1. The standard InChI is InChI=1S/C7H11NO5/c9-2-1-8-3-5(7(11)12)13-4-6(8)10/h5,9H,1-4H2,(H,11,12). The first-order chi connectivity index (χ1) is 6.15. The molecule has 0 aromatic carbocycles. The summed E-state index contributed by atoms with van der Waals surface area (Å²) in [4.78, 5) is 22.8. The number of amides is 1. The lowest BCUT2D eigenvalue weighted by Gasteiger charge is -2.29. The van der Waals surface area contributed by atoms with Gasteiger partial charge in [0.1, 0.15) is 6.61 Å². The van der Waals surface area contributed by atoms with Crippen LogP contribution in [-0.4, -0.2) is 59.4 Å². The summed E-state index contributed by atoms with van der Waals surface area (Å²) in [5.74, 6) is -1.37. The summed E-state index contributed by atoms with van der Waals surface area (Å²) in [6.07, 6.45) is -0.968. The summed E-state index contributed by atoms with van der Waals surface area (Å²) in [6, 6.07) is 0. The Labute approximate surface area is 74.7 Å². The van der Waals surface area contributed by atoms with Gasteiger partial charge in [-0.15, -0.1) is 0 Å². The number of aliphatic hydroxyl groups excluding tert-OH is 1. The first-order valence-electron chi connectivity index (χ1n) is 3.88. The van der Waals surface area contributed by atoms with E-state index in [0.29, 0.717) is 0 Å². The zero-order valence-electron chi connectivity index (χ0n) is 6.97. The van der Waals surface area contributed by atoms with Crippen molar-refractivity contribution >= 4 is 11.9 Å². The maximum absolute atomic E-state index is 11.0. The van der Waals surface area contributed by atoms with Crippen molar-refractivity contribution in [3.05, 3.63) is 0 Å². The number of aliphatic carboxylic acids is 1. The van der Waals surface area contributed by atoms with E-state index in [0.717, 1.165) is 0 Å². The van der Waals surface area contributed by atoms with Gasteiger partial charge < -0.3 is 19.8 Å². The number of rotatable bonds is 3. The second kappa shape index (κ2) is 4.20. The molecule has 0 aromatic rings. The predicted octanol–water partition coefficient (Wildman–Crippen LogP) is -1.71. The molecule has 0 aromatic heterocycles. The summed E-state index contributed by atoms with van der Waals surface area (Å²) in [5, 5.41) is 17.2. The van der Waals surface area contributed by atoms with E-state index in [9.17, 15) is 9.59 Å². The number of carboxylic acid groups (broad SMARTS) is 1. The number of carboxylic acids is 1. The van der Waals surface area contributed by atoms with Crippen molar-refractivity contribution in [2.24, 2.45) is 0 Å². The molecule has 1 saturated heterocycles. The lowest BCUT2D eigenvalue weighted by Crippen LogP contribution is -2.50. The molecule has 1 fully saturated rings. The fourth-order valence-electron chi connectivity index (χ4n) is 1.10. The molecule has 0 aliphatic carbocycles. The van der Waals surface area contributed by atoms with Gasteiger partial charge in [0, 0.05) is 6.54 Å². The van der Waals surface area contributed by atoms with Crippen molar-refractivity contribution in [3.8, 4) is 0 Å². The normalized spacial score (nSPS) is 23.3.